The Kier molecular flexibility index (Phi) is 6.11. The van der Waals surface area contributed by atoms with Gasteiger partial charge >= 0.3 is 0 Å². The van der Waals surface area contributed by atoms with Crippen LogP contribution in [-0.2, 0) is 5.54 Å². The lowest BCUT2D eigenvalue weighted by Crippen LogP contribution is -2.48. The molecule has 148 valence electrons. The van der Waals surface area contributed by atoms with Crippen molar-refractivity contribution in [2.45, 2.75) is 46.2 Å². The molecular weight excluding hydrogens is 340 g/mol. The molecule has 3 rings (SSSR count). The zero-order chi connectivity index (χ0) is 19.4. The van der Waals surface area contributed by atoms with E-state index in [1.54, 1.807) is 0 Å². The highest BCUT2D eigenvalue weighted by Crippen LogP contribution is 2.31. The quantitative estimate of drug-likeness (QED) is 0.777. The second kappa shape index (κ2) is 8.35. The zero-order valence-electron chi connectivity index (χ0n) is 17.2. The Morgan fingerprint density at radius 2 is 1.70 bits per heavy atom. The Hall–Kier alpha value is -1.99. The van der Waals surface area contributed by atoms with E-state index in [-0.39, 0.29) is 11.6 Å². The minimum Gasteiger partial charge on any atom is -0.494 e. The second-order valence-corrected chi connectivity index (χ2v) is 7.99. The van der Waals surface area contributed by atoms with Crippen LogP contribution in [0.4, 0.5) is 0 Å². The molecule has 2 aromatic rings. The minimum absolute atomic E-state index is 0.0360. The molecule has 1 atom stereocenters. The van der Waals surface area contributed by atoms with E-state index in [2.05, 4.69) is 65.2 Å². The molecule has 0 bridgehead atoms. The van der Waals surface area contributed by atoms with Crippen molar-refractivity contribution in [1.82, 2.24) is 30.0 Å². The van der Waals surface area contributed by atoms with Crippen LogP contribution in [0.5, 0.6) is 5.75 Å². The Morgan fingerprint density at radius 1 is 1.04 bits per heavy atom. The number of hydrogen-bond donors (Lipinski definition) is 0. The summed E-state index contributed by atoms with van der Waals surface area (Å²) in [6.45, 7) is 16.5. The van der Waals surface area contributed by atoms with E-state index < -0.39 is 0 Å². The fraction of sp³-hybridized carbons (Fsp3) is 0.650. The van der Waals surface area contributed by atoms with Gasteiger partial charge in [-0.25, -0.2) is 4.68 Å². The summed E-state index contributed by atoms with van der Waals surface area (Å²) in [7, 11) is 0. The van der Waals surface area contributed by atoms with Crippen molar-refractivity contribution < 1.29 is 4.74 Å². The molecule has 2 heterocycles. The van der Waals surface area contributed by atoms with Gasteiger partial charge in [-0.15, -0.1) is 5.10 Å². The van der Waals surface area contributed by atoms with Gasteiger partial charge in [0.1, 0.15) is 5.75 Å². The number of hydrogen-bond acceptors (Lipinski definition) is 6. The lowest BCUT2D eigenvalue weighted by Gasteiger charge is -2.39. The summed E-state index contributed by atoms with van der Waals surface area (Å²) in [5.74, 6) is 1.79. The highest BCUT2D eigenvalue weighted by molar-refractivity contribution is 5.32. The normalized spacial score (nSPS) is 17.8. The third-order valence-corrected chi connectivity index (χ3v) is 5.10. The molecule has 1 saturated heterocycles. The summed E-state index contributed by atoms with van der Waals surface area (Å²) >= 11 is 0. The number of rotatable bonds is 6. The maximum absolute atomic E-state index is 5.62. The fourth-order valence-corrected chi connectivity index (χ4v) is 3.62. The minimum atomic E-state index is -0.173. The van der Waals surface area contributed by atoms with Gasteiger partial charge in [-0.05, 0) is 62.4 Å². The predicted octanol–water partition coefficient (Wildman–Crippen LogP) is 2.55. The molecule has 0 spiro atoms. The Bertz CT molecular complexity index is 713. The number of aromatic nitrogens is 4. The molecule has 0 aliphatic carbocycles. The van der Waals surface area contributed by atoms with Gasteiger partial charge in [-0.1, -0.05) is 19.1 Å². The summed E-state index contributed by atoms with van der Waals surface area (Å²) in [4.78, 5) is 4.98. The van der Waals surface area contributed by atoms with Gasteiger partial charge in [0.2, 0.25) is 0 Å². The van der Waals surface area contributed by atoms with Gasteiger partial charge in [0.15, 0.2) is 5.82 Å². The molecule has 1 fully saturated rings. The summed E-state index contributed by atoms with van der Waals surface area (Å²) < 4.78 is 7.58. The molecule has 0 amide bonds. The van der Waals surface area contributed by atoms with Crippen LogP contribution in [0.2, 0.25) is 0 Å². The molecular formula is C20H32N6O. The van der Waals surface area contributed by atoms with Crippen molar-refractivity contribution in [3.8, 4) is 5.75 Å². The average molecular weight is 373 g/mol. The number of piperazine rings is 1. The van der Waals surface area contributed by atoms with Crippen LogP contribution < -0.4 is 4.74 Å². The molecule has 1 aromatic heterocycles. The summed E-state index contributed by atoms with van der Waals surface area (Å²) in [5, 5.41) is 12.8. The monoisotopic (exact) mass is 372 g/mol. The molecule has 1 aliphatic heterocycles. The van der Waals surface area contributed by atoms with Crippen LogP contribution in [0, 0.1) is 0 Å². The van der Waals surface area contributed by atoms with Crippen LogP contribution in [-0.4, -0.2) is 69.3 Å². The van der Waals surface area contributed by atoms with Crippen molar-refractivity contribution in [2.75, 3.05) is 39.3 Å². The van der Waals surface area contributed by atoms with E-state index in [0.29, 0.717) is 6.61 Å². The molecule has 0 N–H and O–H groups in total. The first kappa shape index (κ1) is 19.8. The molecule has 1 aliphatic rings. The van der Waals surface area contributed by atoms with Crippen molar-refractivity contribution >= 4 is 0 Å². The Labute approximate surface area is 162 Å². The molecule has 0 radical (unpaired) electrons. The van der Waals surface area contributed by atoms with Crippen molar-refractivity contribution in [3.63, 3.8) is 0 Å². The number of tetrazole rings is 1. The van der Waals surface area contributed by atoms with E-state index in [1.807, 2.05) is 23.7 Å². The Morgan fingerprint density at radius 3 is 2.26 bits per heavy atom. The maximum Gasteiger partial charge on any atom is 0.173 e. The van der Waals surface area contributed by atoms with Gasteiger partial charge in [0, 0.05) is 26.2 Å². The van der Waals surface area contributed by atoms with Gasteiger partial charge in [0.25, 0.3) is 0 Å². The van der Waals surface area contributed by atoms with Crippen LogP contribution in [0.25, 0.3) is 0 Å². The third kappa shape index (κ3) is 4.47. The van der Waals surface area contributed by atoms with Gasteiger partial charge < -0.3 is 9.64 Å². The second-order valence-electron chi connectivity index (χ2n) is 7.99. The van der Waals surface area contributed by atoms with Crippen LogP contribution >= 0.6 is 0 Å². The Balaban J connectivity index is 1.96. The standard InChI is InChI=1S/C20H32N6O/c1-6-24-12-14-25(15-13-24)18(16-8-10-17(11-9-16)27-7-2)19-21-22-23-26(19)20(3,4)5/h8-11,18H,6-7,12-15H2,1-5H3/t18-/m0/s1. The average Bonchev–Trinajstić information content (AvgIpc) is 3.14. The van der Waals surface area contributed by atoms with E-state index in [9.17, 15) is 0 Å². The molecule has 0 saturated carbocycles. The van der Waals surface area contributed by atoms with Crippen LogP contribution in [0.3, 0.4) is 0 Å². The number of ether oxygens (including phenoxy) is 1. The number of nitrogens with zero attached hydrogens (tertiary/aromatic N) is 6. The summed E-state index contributed by atoms with van der Waals surface area (Å²) in [6, 6.07) is 8.40. The van der Waals surface area contributed by atoms with Gasteiger partial charge in [-0.3, -0.25) is 4.90 Å². The maximum atomic E-state index is 5.62. The van der Waals surface area contributed by atoms with Crippen LogP contribution in [0.15, 0.2) is 24.3 Å². The van der Waals surface area contributed by atoms with E-state index in [1.165, 1.54) is 5.56 Å². The first-order chi connectivity index (χ1) is 12.9. The molecule has 7 nitrogen and oxygen atoms in total. The molecule has 7 heteroatoms. The zero-order valence-corrected chi connectivity index (χ0v) is 17.2. The van der Waals surface area contributed by atoms with E-state index >= 15 is 0 Å². The number of likely N-dealkylation sites (N-methyl/N-ethyl adjacent to an activating group) is 1. The van der Waals surface area contributed by atoms with Crippen molar-refractivity contribution in [2.24, 2.45) is 0 Å². The fourth-order valence-electron chi connectivity index (χ4n) is 3.62. The first-order valence-corrected chi connectivity index (χ1v) is 9.92. The first-order valence-electron chi connectivity index (χ1n) is 9.92. The van der Waals surface area contributed by atoms with Gasteiger partial charge in [-0.2, -0.15) is 0 Å². The predicted molar refractivity (Wildman–Crippen MR) is 106 cm³/mol. The van der Waals surface area contributed by atoms with Crippen molar-refractivity contribution in [3.05, 3.63) is 35.7 Å². The smallest absolute Gasteiger partial charge is 0.173 e. The third-order valence-electron chi connectivity index (χ3n) is 5.10. The summed E-state index contributed by atoms with van der Waals surface area (Å²) in [5.41, 5.74) is 1.02. The SMILES string of the molecule is CCOc1ccc([C@@H](c2nnnn2C(C)(C)C)N2CCN(CC)CC2)cc1. The molecule has 0 unspecified atom stereocenters. The van der Waals surface area contributed by atoms with Gasteiger partial charge in [0.05, 0.1) is 18.2 Å². The lowest BCUT2D eigenvalue weighted by atomic mass is 10.0. The number of benzene rings is 1. The van der Waals surface area contributed by atoms with Crippen LogP contribution in [0.1, 0.15) is 52.0 Å². The van der Waals surface area contributed by atoms with Crippen molar-refractivity contribution in [1.29, 1.82) is 0 Å². The molecule has 27 heavy (non-hydrogen) atoms. The summed E-state index contributed by atoms with van der Waals surface area (Å²) in [6.07, 6.45) is 0. The largest absolute Gasteiger partial charge is 0.494 e. The topological polar surface area (TPSA) is 59.3 Å². The lowest BCUT2D eigenvalue weighted by molar-refractivity contribution is 0.106. The van der Waals surface area contributed by atoms with E-state index in [0.717, 1.165) is 44.3 Å². The van der Waals surface area contributed by atoms with E-state index in [4.69, 9.17) is 4.74 Å². The molecule has 1 aromatic carbocycles. The highest BCUT2D eigenvalue weighted by atomic mass is 16.5. The highest BCUT2D eigenvalue weighted by Gasteiger charge is 2.32.